The van der Waals surface area contributed by atoms with E-state index < -0.39 is 11.7 Å². The molecule has 0 aliphatic heterocycles. The summed E-state index contributed by atoms with van der Waals surface area (Å²) in [6.07, 6.45) is -4.54. The number of rotatable bonds is 5. The van der Waals surface area contributed by atoms with Crippen molar-refractivity contribution in [2.75, 3.05) is 16.8 Å². The molecule has 1 rings (SSSR count). The molecular weight excluding hydrogens is 301 g/mol. The summed E-state index contributed by atoms with van der Waals surface area (Å²) in [5.74, 6) is 0.298. The van der Waals surface area contributed by atoms with Crippen molar-refractivity contribution in [2.45, 2.75) is 32.2 Å². The van der Waals surface area contributed by atoms with Gasteiger partial charge in [0.05, 0.1) is 11.3 Å². The fourth-order valence-electron chi connectivity index (χ4n) is 1.48. The van der Waals surface area contributed by atoms with E-state index in [-0.39, 0.29) is 23.0 Å². The van der Waals surface area contributed by atoms with Gasteiger partial charge in [-0.3, -0.25) is 4.79 Å². The molecule has 0 bridgehead atoms. The molecule has 0 spiro atoms. The predicted molar refractivity (Wildman–Crippen MR) is 81.2 cm³/mol. The molecule has 0 aliphatic carbocycles. The maximum absolute atomic E-state index is 12.7. The number of hydrogen-bond donors (Lipinski definition) is 2. The molecule has 0 saturated heterocycles. The summed E-state index contributed by atoms with van der Waals surface area (Å²) in [4.78, 5) is 11.7. The third-order valence-electron chi connectivity index (χ3n) is 3.06. The lowest BCUT2D eigenvalue weighted by atomic mass is 10.1. The average Bonchev–Trinajstić information content (AvgIpc) is 2.36. The first-order valence-corrected chi connectivity index (χ1v) is 7.54. The van der Waals surface area contributed by atoms with Crippen molar-refractivity contribution < 1.29 is 18.0 Å². The zero-order valence-corrected chi connectivity index (χ0v) is 12.9. The van der Waals surface area contributed by atoms with Crippen molar-refractivity contribution in [3.8, 4) is 0 Å². The van der Waals surface area contributed by atoms with Crippen LogP contribution in [0.15, 0.2) is 18.2 Å². The zero-order valence-electron chi connectivity index (χ0n) is 12.1. The molecule has 0 saturated carbocycles. The van der Waals surface area contributed by atoms with E-state index in [1.54, 1.807) is 0 Å². The van der Waals surface area contributed by atoms with Crippen molar-refractivity contribution in [3.63, 3.8) is 0 Å². The van der Waals surface area contributed by atoms with Crippen molar-refractivity contribution in [1.29, 1.82) is 0 Å². The van der Waals surface area contributed by atoms with Crippen LogP contribution in [-0.2, 0) is 11.0 Å². The van der Waals surface area contributed by atoms with Crippen LogP contribution in [0, 0.1) is 5.92 Å². The third kappa shape index (κ3) is 5.49. The molecule has 1 amide bonds. The minimum Gasteiger partial charge on any atom is -0.398 e. The maximum Gasteiger partial charge on any atom is 0.418 e. The van der Waals surface area contributed by atoms with Crippen LogP contribution in [0.2, 0.25) is 0 Å². The van der Waals surface area contributed by atoms with Gasteiger partial charge in [0.2, 0.25) is 5.91 Å². The molecule has 0 radical (unpaired) electrons. The number of nitrogens with two attached hydrogens (primary N) is 1. The Labute approximate surface area is 126 Å². The number of amides is 1. The number of nitrogens with one attached hydrogen (secondary N) is 1. The standard InChI is InChI=1S/C14H19F3N2OS/c1-8(2)9(3)21-7-13(20)19-10-4-5-12(18)11(6-10)14(15,16)17/h4-6,8-9H,7,18H2,1-3H3,(H,19,20). The number of thioether (sulfide) groups is 1. The van der Waals surface area contributed by atoms with Crippen LogP contribution in [0.4, 0.5) is 24.5 Å². The van der Waals surface area contributed by atoms with E-state index in [9.17, 15) is 18.0 Å². The minimum absolute atomic E-state index is 0.0966. The Balaban J connectivity index is 2.69. The second kappa shape index (κ2) is 7.06. The molecule has 118 valence electrons. The van der Waals surface area contributed by atoms with E-state index in [4.69, 9.17) is 5.73 Å². The van der Waals surface area contributed by atoms with E-state index >= 15 is 0 Å². The minimum atomic E-state index is -4.54. The van der Waals surface area contributed by atoms with Gasteiger partial charge in [0.25, 0.3) is 0 Å². The van der Waals surface area contributed by atoms with Gasteiger partial charge in [-0.15, -0.1) is 11.8 Å². The van der Waals surface area contributed by atoms with Crippen LogP contribution in [-0.4, -0.2) is 16.9 Å². The Morgan fingerprint density at radius 3 is 2.48 bits per heavy atom. The fourth-order valence-corrected chi connectivity index (χ4v) is 2.35. The Kier molecular flexibility index (Phi) is 5.95. The largest absolute Gasteiger partial charge is 0.418 e. The molecule has 0 fully saturated rings. The van der Waals surface area contributed by atoms with E-state index in [0.717, 1.165) is 12.1 Å². The van der Waals surface area contributed by atoms with E-state index in [1.807, 2.05) is 20.8 Å². The molecule has 3 nitrogen and oxygen atoms in total. The first-order chi connectivity index (χ1) is 9.61. The van der Waals surface area contributed by atoms with Gasteiger partial charge in [0.1, 0.15) is 0 Å². The Hall–Kier alpha value is -1.37. The van der Waals surface area contributed by atoms with Crippen molar-refractivity contribution in [1.82, 2.24) is 0 Å². The molecule has 0 aliphatic rings. The molecule has 0 heterocycles. The first-order valence-electron chi connectivity index (χ1n) is 6.49. The lowest BCUT2D eigenvalue weighted by molar-refractivity contribution is -0.136. The summed E-state index contributed by atoms with van der Waals surface area (Å²) in [5.41, 5.74) is 4.10. The predicted octanol–water partition coefficient (Wildman–Crippen LogP) is 4.00. The molecular formula is C14H19F3N2OS. The summed E-state index contributed by atoms with van der Waals surface area (Å²) in [6.45, 7) is 6.10. The number of alkyl halides is 3. The van der Waals surface area contributed by atoms with Crippen LogP contribution in [0.5, 0.6) is 0 Å². The second-order valence-corrected chi connectivity index (χ2v) is 6.47. The van der Waals surface area contributed by atoms with E-state index in [0.29, 0.717) is 11.2 Å². The summed E-state index contributed by atoms with van der Waals surface area (Å²) in [6, 6.07) is 3.35. The van der Waals surface area contributed by atoms with Crippen LogP contribution >= 0.6 is 11.8 Å². The molecule has 3 N–H and O–H groups in total. The first kappa shape index (κ1) is 17.7. The second-order valence-electron chi connectivity index (χ2n) is 5.11. The number of halogens is 3. The number of carbonyl (C=O) groups is 1. The highest BCUT2D eigenvalue weighted by atomic mass is 32.2. The zero-order chi connectivity index (χ0) is 16.2. The SMILES string of the molecule is CC(C)C(C)SCC(=O)Nc1ccc(N)c(C(F)(F)F)c1. The van der Waals surface area contributed by atoms with Crippen LogP contribution in [0.3, 0.4) is 0 Å². The van der Waals surface area contributed by atoms with Gasteiger partial charge in [-0.25, -0.2) is 0 Å². The number of benzene rings is 1. The summed E-state index contributed by atoms with van der Waals surface area (Å²) in [7, 11) is 0. The highest BCUT2D eigenvalue weighted by Gasteiger charge is 2.33. The number of nitrogen functional groups attached to an aromatic ring is 1. The van der Waals surface area contributed by atoms with E-state index in [2.05, 4.69) is 5.32 Å². The quantitative estimate of drug-likeness (QED) is 0.806. The average molecular weight is 320 g/mol. The topological polar surface area (TPSA) is 55.1 Å². The van der Waals surface area contributed by atoms with Crippen LogP contribution < -0.4 is 11.1 Å². The molecule has 21 heavy (non-hydrogen) atoms. The van der Waals surface area contributed by atoms with Gasteiger partial charge in [-0.2, -0.15) is 13.2 Å². The van der Waals surface area contributed by atoms with Gasteiger partial charge in [0, 0.05) is 16.6 Å². The smallest absolute Gasteiger partial charge is 0.398 e. The Morgan fingerprint density at radius 2 is 1.95 bits per heavy atom. The molecule has 1 aromatic rings. The van der Waals surface area contributed by atoms with Crippen molar-refractivity contribution in [2.24, 2.45) is 5.92 Å². The maximum atomic E-state index is 12.7. The van der Waals surface area contributed by atoms with Gasteiger partial charge in [0.15, 0.2) is 0 Å². The molecule has 1 atom stereocenters. The molecule has 0 aromatic heterocycles. The Morgan fingerprint density at radius 1 is 1.33 bits per heavy atom. The van der Waals surface area contributed by atoms with E-state index in [1.165, 1.54) is 17.8 Å². The Bertz CT molecular complexity index is 503. The fraction of sp³-hybridized carbons (Fsp3) is 0.500. The normalized spacial score (nSPS) is 13.3. The number of hydrogen-bond acceptors (Lipinski definition) is 3. The highest BCUT2D eigenvalue weighted by molar-refractivity contribution is 8.00. The van der Waals surface area contributed by atoms with Gasteiger partial charge in [-0.1, -0.05) is 20.8 Å². The highest BCUT2D eigenvalue weighted by Crippen LogP contribution is 2.35. The molecule has 1 aromatic carbocycles. The van der Waals surface area contributed by atoms with Crippen LogP contribution in [0.1, 0.15) is 26.3 Å². The summed E-state index contributed by atoms with van der Waals surface area (Å²) >= 11 is 1.47. The monoisotopic (exact) mass is 320 g/mol. The van der Waals surface area contributed by atoms with Gasteiger partial charge >= 0.3 is 6.18 Å². The van der Waals surface area contributed by atoms with Crippen molar-refractivity contribution in [3.05, 3.63) is 23.8 Å². The lowest BCUT2D eigenvalue weighted by Crippen LogP contribution is -2.18. The number of anilines is 2. The lowest BCUT2D eigenvalue weighted by Gasteiger charge is -2.15. The third-order valence-corrected chi connectivity index (χ3v) is 4.56. The van der Waals surface area contributed by atoms with Crippen LogP contribution in [0.25, 0.3) is 0 Å². The summed E-state index contributed by atoms with van der Waals surface area (Å²) < 4.78 is 38.1. The van der Waals surface area contributed by atoms with Gasteiger partial charge < -0.3 is 11.1 Å². The van der Waals surface area contributed by atoms with Gasteiger partial charge in [-0.05, 0) is 24.1 Å². The molecule has 1 unspecified atom stereocenters. The summed E-state index contributed by atoms with van der Waals surface area (Å²) in [5, 5.41) is 2.76. The number of carbonyl (C=O) groups excluding carboxylic acids is 1. The molecule has 7 heteroatoms. The van der Waals surface area contributed by atoms with Crippen molar-refractivity contribution >= 4 is 29.0 Å².